The number of unbranched alkanes of at least 4 members (excludes halogenated alkanes) is 2. The number of nitrogens with zero attached hydrogens (tertiary/aromatic N) is 1. The van der Waals surface area contributed by atoms with Crippen molar-refractivity contribution < 1.29 is 4.74 Å². The van der Waals surface area contributed by atoms with Crippen molar-refractivity contribution in [2.45, 2.75) is 78.2 Å². The zero-order valence-corrected chi connectivity index (χ0v) is 23.0. The topological polar surface area (TPSA) is 22.1 Å². The Morgan fingerprint density at radius 3 is 2.49 bits per heavy atom. The maximum absolute atomic E-state index is 6.64. The highest BCUT2D eigenvalue weighted by atomic mass is 32.1. The second-order valence-corrected chi connectivity index (χ2v) is 12.1. The fraction of sp³-hybridized carbons (Fsp3) is 0.382. The van der Waals surface area contributed by atoms with E-state index in [0.29, 0.717) is 12.0 Å². The van der Waals surface area contributed by atoms with Gasteiger partial charge in [0.25, 0.3) is 0 Å². The molecular weight excluding hydrogens is 470 g/mol. The van der Waals surface area contributed by atoms with Gasteiger partial charge in [-0.05, 0) is 83.0 Å². The lowest BCUT2D eigenvalue weighted by atomic mass is 9.65. The predicted octanol–water partition coefficient (Wildman–Crippen LogP) is 10.0. The first-order valence-electron chi connectivity index (χ1n) is 14.1. The van der Waals surface area contributed by atoms with Crippen molar-refractivity contribution in [1.29, 1.82) is 0 Å². The van der Waals surface area contributed by atoms with Gasteiger partial charge in [-0.1, -0.05) is 88.1 Å². The lowest BCUT2D eigenvalue weighted by Crippen LogP contribution is -2.29. The Labute approximate surface area is 224 Å². The number of aryl methyl sites for hydroxylation is 1. The molecule has 6 rings (SSSR count). The molecule has 1 aromatic heterocycles. The molecular formula is C34H37NOS. The summed E-state index contributed by atoms with van der Waals surface area (Å²) in [4.78, 5) is 4.83. The normalized spacial score (nSPS) is 14.9. The van der Waals surface area contributed by atoms with Crippen LogP contribution < -0.4 is 4.74 Å². The first-order chi connectivity index (χ1) is 18.2. The van der Waals surface area contributed by atoms with Crippen LogP contribution in [0, 0.1) is 5.41 Å². The molecule has 190 valence electrons. The van der Waals surface area contributed by atoms with E-state index in [1.165, 1.54) is 83.2 Å². The molecule has 1 aliphatic rings. The van der Waals surface area contributed by atoms with E-state index in [1.807, 2.05) is 0 Å². The van der Waals surface area contributed by atoms with Crippen LogP contribution in [0.1, 0.15) is 74.9 Å². The van der Waals surface area contributed by atoms with E-state index in [1.54, 1.807) is 16.9 Å². The maximum atomic E-state index is 6.64. The SMILES string of the molecule is CCCCC1(CCCC)CCc2c(ccc3c2c(OCc2nc4ccccc4s2)cc2ccccc23)C1. The largest absolute Gasteiger partial charge is 0.486 e. The van der Waals surface area contributed by atoms with Crippen molar-refractivity contribution in [1.82, 2.24) is 4.98 Å². The smallest absolute Gasteiger partial charge is 0.140 e. The number of fused-ring (bicyclic) bond motifs is 6. The summed E-state index contributed by atoms with van der Waals surface area (Å²) >= 11 is 1.73. The number of para-hydroxylation sites is 1. The number of thiazole rings is 1. The number of hydrogen-bond donors (Lipinski definition) is 0. The first-order valence-corrected chi connectivity index (χ1v) is 14.9. The third kappa shape index (κ3) is 4.75. The molecule has 0 aliphatic heterocycles. The Balaban J connectivity index is 1.42. The van der Waals surface area contributed by atoms with Gasteiger partial charge >= 0.3 is 0 Å². The zero-order chi connectivity index (χ0) is 25.2. The van der Waals surface area contributed by atoms with Gasteiger partial charge in [0.05, 0.1) is 10.2 Å². The van der Waals surface area contributed by atoms with Gasteiger partial charge in [-0.3, -0.25) is 0 Å². The molecule has 0 saturated carbocycles. The van der Waals surface area contributed by atoms with Crippen LogP contribution in [-0.4, -0.2) is 4.98 Å². The van der Waals surface area contributed by atoms with E-state index in [4.69, 9.17) is 9.72 Å². The molecule has 0 atom stereocenters. The van der Waals surface area contributed by atoms with E-state index in [0.717, 1.165) is 22.7 Å². The monoisotopic (exact) mass is 507 g/mol. The second-order valence-electron chi connectivity index (χ2n) is 11.0. The van der Waals surface area contributed by atoms with Gasteiger partial charge in [0, 0.05) is 5.39 Å². The van der Waals surface area contributed by atoms with Gasteiger partial charge in [-0.15, -0.1) is 11.3 Å². The van der Waals surface area contributed by atoms with Gasteiger partial charge in [0.1, 0.15) is 17.4 Å². The van der Waals surface area contributed by atoms with Gasteiger partial charge in [0.2, 0.25) is 0 Å². The molecule has 0 unspecified atom stereocenters. The van der Waals surface area contributed by atoms with E-state index in [9.17, 15) is 0 Å². The lowest BCUT2D eigenvalue weighted by molar-refractivity contribution is 0.193. The van der Waals surface area contributed by atoms with Crippen LogP contribution in [0.2, 0.25) is 0 Å². The molecule has 0 N–H and O–H groups in total. The first kappa shape index (κ1) is 24.4. The van der Waals surface area contributed by atoms with Crippen molar-refractivity contribution in [3.05, 3.63) is 82.9 Å². The maximum Gasteiger partial charge on any atom is 0.140 e. The molecule has 0 amide bonds. The van der Waals surface area contributed by atoms with Crippen LogP contribution in [0.5, 0.6) is 5.75 Å². The molecule has 2 nitrogen and oxygen atoms in total. The Morgan fingerprint density at radius 1 is 0.892 bits per heavy atom. The minimum atomic E-state index is 0.464. The van der Waals surface area contributed by atoms with E-state index in [-0.39, 0.29) is 0 Å². The highest BCUT2D eigenvalue weighted by Gasteiger charge is 2.34. The highest BCUT2D eigenvalue weighted by molar-refractivity contribution is 7.18. The highest BCUT2D eigenvalue weighted by Crippen LogP contribution is 2.47. The number of aromatic nitrogens is 1. The molecule has 0 fully saturated rings. The average Bonchev–Trinajstić information content (AvgIpc) is 3.36. The Morgan fingerprint density at radius 2 is 1.68 bits per heavy atom. The fourth-order valence-electron chi connectivity index (χ4n) is 6.50. The third-order valence-corrected chi connectivity index (χ3v) is 9.49. The van der Waals surface area contributed by atoms with Crippen LogP contribution in [0.15, 0.2) is 66.7 Å². The summed E-state index contributed by atoms with van der Waals surface area (Å²) in [6, 6.07) is 24.2. The molecule has 0 saturated heterocycles. The lowest BCUT2D eigenvalue weighted by Gasteiger charge is -2.39. The van der Waals surface area contributed by atoms with E-state index < -0.39 is 0 Å². The van der Waals surface area contributed by atoms with Gasteiger partial charge < -0.3 is 4.74 Å². The zero-order valence-electron chi connectivity index (χ0n) is 22.2. The van der Waals surface area contributed by atoms with Crippen molar-refractivity contribution in [2.75, 3.05) is 0 Å². The molecule has 0 spiro atoms. The Bertz CT molecular complexity index is 1510. The molecule has 5 aromatic rings. The summed E-state index contributed by atoms with van der Waals surface area (Å²) in [7, 11) is 0. The van der Waals surface area contributed by atoms with Gasteiger partial charge in [0.15, 0.2) is 0 Å². The summed E-state index contributed by atoms with van der Waals surface area (Å²) in [5, 5.41) is 6.25. The number of benzene rings is 4. The van der Waals surface area contributed by atoms with E-state index >= 15 is 0 Å². The minimum Gasteiger partial charge on any atom is -0.486 e. The molecule has 37 heavy (non-hydrogen) atoms. The molecule has 3 heteroatoms. The number of ether oxygens (including phenoxy) is 1. The van der Waals surface area contributed by atoms with Gasteiger partial charge in [-0.2, -0.15) is 0 Å². The van der Waals surface area contributed by atoms with Crippen LogP contribution in [-0.2, 0) is 19.4 Å². The van der Waals surface area contributed by atoms with Crippen LogP contribution in [0.25, 0.3) is 31.8 Å². The summed E-state index contributed by atoms with van der Waals surface area (Å²) in [6.07, 6.45) is 11.6. The van der Waals surface area contributed by atoms with Crippen LogP contribution in [0.3, 0.4) is 0 Å². The predicted molar refractivity (Wildman–Crippen MR) is 159 cm³/mol. The molecule has 1 heterocycles. The number of rotatable bonds is 9. The minimum absolute atomic E-state index is 0.464. The van der Waals surface area contributed by atoms with E-state index in [2.05, 4.69) is 80.6 Å². The number of hydrogen-bond acceptors (Lipinski definition) is 3. The molecule has 0 radical (unpaired) electrons. The van der Waals surface area contributed by atoms with Gasteiger partial charge in [-0.25, -0.2) is 4.98 Å². The average molecular weight is 508 g/mol. The molecule has 0 bridgehead atoms. The van der Waals surface area contributed by atoms with Crippen LogP contribution in [0.4, 0.5) is 0 Å². The third-order valence-electron chi connectivity index (χ3n) is 8.48. The fourth-order valence-corrected chi connectivity index (χ4v) is 7.38. The molecule has 4 aromatic carbocycles. The Kier molecular flexibility index (Phi) is 6.90. The van der Waals surface area contributed by atoms with Crippen molar-refractivity contribution in [3.8, 4) is 5.75 Å². The second kappa shape index (κ2) is 10.5. The summed E-state index contributed by atoms with van der Waals surface area (Å²) < 4.78 is 7.86. The summed E-state index contributed by atoms with van der Waals surface area (Å²) in [5.41, 5.74) is 4.59. The van der Waals surface area contributed by atoms with Crippen molar-refractivity contribution in [3.63, 3.8) is 0 Å². The molecule has 1 aliphatic carbocycles. The summed E-state index contributed by atoms with van der Waals surface area (Å²) in [5.74, 6) is 1.01. The quantitative estimate of drug-likeness (QED) is 0.185. The van der Waals surface area contributed by atoms with Crippen LogP contribution >= 0.6 is 11.3 Å². The summed E-state index contributed by atoms with van der Waals surface area (Å²) in [6.45, 7) is 5.17. The standard InChI is InChI=1S/C34H37NOS/c1-3-5-18-34(19-6-4-2)20-17-27-25(22-34)15-16-28-26-12-8-7-11-24(26)21-30(33(27)28)36-23-32-35-29-13-9-10-14-31(29)37-32/h7-16,21H,3-6,17-20,22-23H2,1-2H3. The van der Waals surface area contributed by atoms with Crippen molar-refractivity contribution >= 4 is 43.1 Å². The Hall–Kier alpha value is -2.91. The van der Waals surface area contributed by atoms with Crippen molar-refractivity contribution in [2.24, 2.45) is 5.41 Å².